The number of carbonyl (C=O) groups is 2. The highest BCUT2D eigenvalue weighted by atomic mass is 16.3. The highest BCUT2D eigenvalue weighted by molar-refractivity contribution is 5.97. The highest BCUT2D eigenvalue weighted by Crippen LogP contribution is 2.43. The van der Waals surface area contributed by atoms with E-state index in [4.69, 9.17) is 5.73 Å². The van der Waals surface area contributed by atoms with Gasteiger partial charge in [0.1, 0.15) is 5.82 Å². The van der Waals surface area contributed by atoms with Gasteiger partial charge in [-0.2, -0.15) is 0 Å². The Labute approximate surface area is 158 Å². The van der Waals surface area contributed by atoms with Crippen LogP contribution in [0.5, 0.6) is 0 Å². The lowest BCUT2D eigenvalue weighted by atomic mass is 9.82. The summed E-state index contributed by atoms with van der Waals surface area (Å²) in [6, 6.07) is 8.43. The van der Waals surface area contributed by atoms with Crippen molar-refractivity contribution in [2.24, 2.45) is 11.7 Å². The summed E-state index contributed by atoms with van der Waals surface area (Å²) in [6.07, 6.45) is 1.65. The summed E-state index contributed by atoms with van der Waals surface area (Å²) in [6.45, 7) is 5.43. The van der Waals surface area contributed by atoms with Gasteiger partial charge in [-0.1, -0.05) is 13.0 Å². The number of hydrogen-bond donors (Lipinski definition) is 3. The van der Waals surface area contributed by atoms with E-state index in [2.05, 4.69) is 10.3 Å². The van der Waals surface area contributed by atoms with Crippen molar-refractivity contribution in [1.29, 1.82) is 0 Å². The molecule has 0 aliphatic carbocycles. The quantitative estimate of drug-likeness (QED) is 0.767. The zero-order chi connectivity index (χ0) is 19.7. The molecule has 0 fully saturated rings. The minimum Gasteiger partial charge on any atom is -0.392 e. The summed E-state index contributed by atoms with van der Waals surface area (Å²) in [5, 5.41) is 13.0. The van der Waals surface area contributed by atoms with E-state index in [1.165, 1.54) is 6.92 Å². The van der Waals surface area contributed by atoms with E-state index in [0.29, 0.717) is 16.9 Å². The Kier molecular flexibility index (Phi) is 5.14. The van der Waals surface area contributed by atoms with Crippen molar-refractivity contribution in [2.45, 2.75) is 39.5 Å². The number of benzene rings is 1. The van der Waals surface area contributed by atoms with Crippen LogP contribution in [-0.4, -0.2) is 27.9 Å². The maximum absolute atomic E-state index is 12.3. The molecule has 7 heteroatoms. The van der Waals surface area contributed by atoms with E-state index in [1.807, 2.05) is 13.8 Å². The lowest BCUT2D eigenvalue weighted by Crippen LogP contribution is -2.48. The molecule has 3 atom stereocenters. The van der Waals surface area contributed by atoms with Gasteiger partial charge in [0.15, 0.2) is 0 Å². The van der Waals surface area contributed by atoms with E-state index in [-0.39, 0.29) is 30.5 Å². The Balaban J connectivity index is 2.13. The molecule has 27 heavy (non-hydrogen) atoms. The van der Waals surface area contributed by atoms with Crippen molar-refractivity contribution >= 4 is 23.3 Å². The fourth-order valence-electron chi connectivity index (χ4n) is 3.70. The number of aliphatic hydroxyl groups excluding tert-OH is 1. The topological polar surface area (TPSA) is 109 Å². The van der Waals surface area contributed by atoms with Crippen molar-refractivity contribution < 1.29 is 14.7 Å². The van der Waals surface area contributed by atoms with Crippen LogP contribution in [0.15, 0.2) is 36.5 Å². The van der Waals surface area contributed by atoms with Gasteiger partial charge in [-0.3, -0.25) is 9.59 Å². The maximum Gasteiger partial charge on any atom is 0.248 e. The summed E-state index contributed by atoms with van der Waals surface area (Å²) in [4.78, 5) is 30.0. The third-order valence-corrected chi connectivity index (χ3v) is 5.29. The molecule has 1 aromatic carbocycles. The van der Waals surface area contributed by atoms with Gasteiger partial charge < -0.3 is 21.1 Å². The Morgan fingerprint density at radius 2 is 2.04 bits per heavy atom. The van der Waals surface area contributed by atoms with Gasteiger partial charge in [0.2, 0.25) is 11.8 Å². The van der Waals surface area contributed by atoms with E-state index >= 15 is 0 Å². The second kappa shape index (κ2) is 7.36. The first kappa shape index (κ1) is 18.8. The lowest BCUT2D eigenvalue weighted by molar-refractivity contribution is -0.117. The number of carbonyl (C=O) groups excluding carboxylic acids is 2. The predicted octanol–water partition coefficient (Wildman–Crippen LogP) is 2.22. The van der Waals surface area contributed by atoms with Gasteiger partial charge in [0, 0.05) is 41.9 Å². The number of nitrogens with zero attached hydrogens (tertiary/aromatic N) is 2. The van der Waals surface area contributed by atoms with Crippen molar-refractivity contribution in [3.8, 4) is 0 Å². The standard InChI is InChI=1S/C20H24N4O3/c1-11-12(2)24(13(3)26)17-7-6-14(19(21)27)9-16(17)18(11)23-20-15(10-25)5-4-8-22-20/h4-9,11-12,18,25H,10H2,1-3H3,(H2,21,27)(H,22,23)/t11-,12-,18+/m0/s1. The van der Waals surface area contributed by atoms with Crippen molar-refractivity contribution in [3.05, 3.63) is 53.2 Å². The summed E-state index contributed by atoms with van der Waals surface area (Å²) in [7, 11) is 0. The number of fused-ring (bicyclic) bond motifs is 1. The smallest absolute Gasteiger partial charge is 0.248 e. The molecule has 2 aromatic rings. The SMILES string of the molecule is CC(=O)N1c2ccc(C(N)=O)cc2[C@H](Nc2ncccc2CO)[C@@H](C)[C@@H]1C. The number of primary amides is 1. The number of nitrogens with two attached hydrogens (primary N) is 1. The monoisotopic (exact) mass is 368 g/mol. The molecule has 0 radical (unpaired) electrons. The molecule has 3 rings (SSSR count). The van der Waals surface area contributed by atoms with Crippen LogP contribution in [0, 0.1) is 5.92 Å². The molecule has 0 bridgehead atoms. The fourth-order valence-corrected chi connectivity index (χ4v) is 3.70. The van der Waals surface area contributed by atoms with Crippen LogP contribution in [0.1, 0.15) is 48.3 Å². The fraction of sp³-hybridized carbons (Fsp3) is 0.350. The molecular weight excluding hydrogens is 344 g/mol. The molecule has 0 spiro atoms. The van der Waals surface area contributed by atoms with Crippen LogP contribution >= 0.6 is 0 Å². The maximum atomic E-state index is 12.3. The molecule has 0 saturated heterocycles. The average Bonchev–Trinajstić information content (AvgIpc) is 2.65. The molecule has 2 amide bonds. The van der Waals surface area contributed by atoms with Crippen LogP contribution in [0.2, 0.25) is 0 Å². The molecular formula is C20H24N4O3. The van der Waals surface area contributed by atoms with Gasteiger partial charge in [0.05, 0.1) is 12.6 Å². The molecule has 2 heterocycles. The number of hydrogen-bond acceptors (Lipinski definition) is 5. The Hall–Kier alpha value is -2.93. The lowest BCUT2D eigenvalue weighted by Gasteiger charge is -2.44. The van der Waals surface area contributed by atoms with Crippen LogP contribution in [0.3, 0.4) is 0 Å². The second-order valence-electron chi connectivity index (χ2n) is 6.92. The normalized spacial score (nSPS) is 21.5. The predicted molar refractivity (Wildman–Crippen MR) is 103 cm³/mol. The summed E-state index contributed by atoms with van der Waals surface area (Å²) in [5.74, 6) is 0.0228. The summed E-state index contributed by atoms with van der Waals surface area (Å²) in [5.41, 5.74) is 8.08. The minimum absolute atomic E-state index is 0.0260. The number of pyridine rings is 1. The first-order chi connectivity index (χ1) is 12.8. The van der Waals surface area contributed by atoms with Crippen LogP contribution in [-0.2, 0) is 11.4 Å². The number of rotatable bonds is 4. The third-order valence-electron chi connectivity index (χ3n) is 5.29. The van der Waals surface area contributed by atoms with Crippen molar-refractivity contribution in [2.75, 3.05) is 10.2 Å². The first-order valence-electron chi connectivity index (χ1n) is 8.90. The van der Waals surface area contributed by atoms with Gasteiger partial charge in [0.25, 0.3) is 0 Å². The second-order valence-corrected chi connectivity index (χ2v) is 6.92. The number of aliphatic hydroxyl groups is 1. The van der Waals surface area contributed by atoms with Gasteiger partial charge in [-0.05, 0) is 36.8 Å². The number of nitrogens with one attached hydrogen (secondary N) is 1. The van der Waals surface area contributed by atoms with Gasteiger partial charge in [-0.15, -0.1) is 0 Å². The van der Waals surface area contributed by atoms with E-state index in [9.17, 15) is 14.7 Å². The van der Waals surface area contributed by atoms with Crippen molar-refractivity contribution in [1.82, 2.24) is 4.98 Å². The van der Waals surface area contributed by atoms with Gasteiger partial charge >= 0.3 is 0 Å². The molecule has 1 aromatic heterocycles. The molecule has 7 nitrogen and oxygen atoms in total. The highest BCUT2D eigenvalue weighted by Gasteiger charge is 2.38. The van der Waals surface area contributed by atoms with Crippen LogP contribution in [0.4, 0.5) is 11.5 Å². The molecule has 1 aliphatic rings. The summed E-state index contributed by atoms with van der Waals surface area (Å²) < 4.78 is 0. The zero-order valence-corrected chi connectivity index (χ0v) is 15.6. The largest absolute Gasteiger partial charge is 0.392 e. The minimum atomic E-state index is -0.522. The van der Waals surface area contributed by atoms with Gasteiger partial charge in [-0.25, -0.2) is 4.98 Å². The average molecular weight is 368 g/mol. The number of amides is 2. The van der Waals surface area contributed by atoms with E-state index in [0.717, 1.165) is 11.3 Å². The number of aromatic nitrogens is 1. The van der Waals surface area contributed by atoms with E-state index < -0.39 is 5.91 Å². The molecule has 4 N–H and O–H groups in total. The molecule has 0 saturated carbocycles. The third kappa shape index (κ3) is 3.38. The van der Waals surface area contributed by atoms with Crippen LogP contribution < -0.4 is 16.0 Å². The molecule has 0 unspecified atom stereocenters. The zero-order valence-electron chi connectivity index (χ0n) is 15.6. The molecule has 1 aliphatic heterocycles. The first-order valence-corrected chi connectivity index (χ1v) is 8.90. The molecule has 142 valence electrons. The van der Waals surface area contributed by atoms with Crippen LogP contribution in [0.25, 0.3) is 0 Å². The Bertz CT molecular complexity index is 883. The Morgan fingerprint density at radius 3 is 2.67 bits per heavy atom. The number of anilines is 2. The van der Waals surface area contributed by atoms with E-state index in [1.54, 1.807) is 41.4 Å². The Morgan fingerprint density at radius 1 is 1.30 bits per heavy atom. The van der Waals surface area contributed by atoms with Crippen molar-refractivity contribution in [3.63, 3.8) is 0 Å². The summed E-state index contributed by atoms with van der Waals surface area (Å²) >= 11 is 0.